The highest BCUT2D eigenvalue weighted by molar-refractivity contribution is 7.80. The van der Waals surface area contributed by atoms with Crippen LogP contribution in [0.15, 0.2) is 77.9 Å². The van der Waals surface area contributed by atoms with E-state index in [9.17, 15) is 13.2 Å². The molecule has 6 nitrogen and oxygen atoms in total. The average molecular weight is 566 g/mol. The minimum absolute atomic E-state index is 0.290. The van der Waals surface area contributed by atoms with Crippen LogP contribution in [0.1, 0.15) is 55.6 Å². The number of ether oxygens (including phenoxy) is 1. The Morgan fingerprint density at radius 3 is 2.40 bits per heavy atom. The zero-order valence-electron chi connectivity index (χ0n) is 22.4. The summed E-state index contributed by atoms with van der Waals surface area (Å²) in [6.45, 7) is 6.35. The van der Waals surface area contributed by atoms with Gasteiger partial charge in [-0.1, -0.05) is 81.5 Å². The van der Waals surface area contributed by atoms with Crippen LogP contribution in [0.4, 0.5) is 13.2 Å². The minimum Gasteiger partial charge on any atom is -0.406 e. The third-order valence-electron chi connectivity index (χ3n) is 6.06. The molecule has 1 heterocycles. The summed E-state index contributed by atoms with van der Waals surface area (Å²) in [4.78, 5) is 5.32. The van der Waals surface area contributed by atoms with E-state index in [1.807, 2.05) is 43.3 Å². The highest BCUT2D eigenvalue weighted by Gasteiger charge is 2.31. The van der Waals surface area contributed by atoms with Gasteiger partial charge in [0, 0.05) is 18.4 Å². The Labute approximate surface area is 236 Å². The molecule has 0 unspecified atom stereocenters. The van der Waals surface area contributed by atoms with Crippen LogP contribution in [0, 0.1) is 0 Å². The molecule has 0 fully saturated rings. The third kappa shape index (κ3) is 7.75. The minimum atomic E-state index is -4.74. The van der Waals surface area contributed by atoms with Gasteiger partial charge in [0.15, 0.2) is 5.82 Å². The summed E-state index contributed by atoms with van der Waals surface area (Å²) in [6.07, 6.45) is -0.934. The fraction of sp³-hybridized carbons (Fsp3) is 0.267. The molecule has 1 aromatic heterocycles. The summed E-state index contributed by atoms with van der Waals surface area (Å²) in [6, 6.07) is 21.4. The van der Waals surface area contributed by atoms with Gasteiger partial charge in [0.1, 0.15) is 16.6 Å². The summed E-state index contributed by atoms with van der Waals surface area (Å²) < 4.78 is 43.1. The average Bonchev–Trinajstić information content (AvgIpc) is 3.33. The second-order valence-corrected chi connectivity index (χ2v) is 9.99. The van der Waals surface area contributed by atoms with E-state index in [0.717, 1.165) is 17.5 Å². The van der Waals surface area contributed by atoms with Gasteiger partial charge in [-0.15, -0.1) is 18.3 Å². The predicted octanol–water partition coefficient (Wildman–Crippen LogP) is 7.40. The molecule has 0 spiro atoms. The standard InChI is InChI=1S/C30H30F3N5OS/c1-4-7-27-35-29(37-38(27)24-14-16-25(17-15-24)39-30(31,32)33)22-12-10-21(11-13-22)19-34-36-28(40)18-23-8-5-6-9-26(23)20(2)3/h5-6,8-17,19-20H,4,7,18H2,1-3H3,(H,36,40). The van der Waals surface area contributed by atoms with Crippen molar-refractivity contribution >= 4 is 23.4 Å². The van der Waals surface area contributed by atoms with Crippen molar-refractivity contribution in [3.63, 3.8) is 0 Å². The lowest BCUT2D eigenvalue weighted by Crippen LogP contribution is -2.18. The molecular formula is C30H30F3N5OS. The van der Waals surface area contributed by atoms with Crippen molar-refractivity contribution in [2.45, 2.75) is 52.3 Å². The number of aryl methyl sites for hydroxylation is 1. The molecule has 10 heteroatoms. The second kappa shape index (κ2) is 12.9. The number of nitrogens with one attached hydrogen (secondary N) is 1. The summed E-state index contributed by atoms with van der Waals surface area (Å²) in [5, 5.41) is 8.92. The van der Waals surface area contributed by atoms with E-state index >= 15 is 0 Å². The van der Waals surface area contributed by atoms with E-state index in [0.29, 0.717) is 41.1 Å². The van der Waals surface area contributed by atoms with Crippen molar-refractivity contribution in [3.05, 3.63) is 95.3 Å². The highest BCUT2D eigenvalue weighted by atomic mass is 32.1. The third-order valence-corrected chi connectivity index (χ3v) is 6.30. The molecule has 0 aliphatic heterocycles. The van der Waals surface area contributed by atoms with Gasteiger partial charge in [-0.3, -0.25) is 5.43 Å². The van der Waals surface area contributed by atoms with E-state index in [4.69, 9.17) is 12.2 Å². The molecule has 0 saturated heterocycles. The molecule has 208 valence electrons. The SMILES string of the molecule is CCCc1nc(-c2ccc(C=NNC(=S)Cc3ccccc3C(C)C)cc2)nn1-c1ccc(OC(F)(F)F)cc1. The number of benzene rings is 3. The Morgan fingerprint density at radius 2 is 1.75 bits per heavy atom. The molecule has 0 atom stereocenters. The molecule has 0 aliphatic rings. The summed E-state index contributed by atoms with van der Waals surface area (Å²) >= 11 is 5.49. The molecule has 0 radical (unpaired) electrons. The second-order valence-electron chi connectivity index (χ2n) is 9.50. The molecule has 0 amide bonds. The maximum absolute atomic E-state index is 12.5. The van der Waals surface area contributed by atoms with Crippen molar-refractivity contribution in [1.82, 2.24) is 20.2 Å². The van der Waals surface area contributed by atoms with Crippen LogP contribution in [-0.4, -0.2) is 32.3 Å². The van der Waals surface area contributed by atoms with Crippen molar-refractivity contribution in [1.29, 1.82) is 0 Å². The van der Waals surface area contributed by atoms with Gasteiger partial charge in [0.25, 0.3) is 0 Å². The smallest absolute Gasteiger partial charge is 0.406 e. The van der Waals surface area contributed by atoms with Crippen molar-refractivity contribution < 1.29 is 17.9 Å². The van der Waals surface area contributed by atoms with Crippen molar-refractivity contribution in [3.8, 4) is 22.8 Å². The summed E-state index contributed by atoms with van der Waals surface area (Å²) in [5.41, 5.74) is 7.69. The Balaban J connectivity index is 1.43. The van der Waals surface area contributed by atoms with Crippen LogP contribution in [0.25, 0.3) is 17.1 Å². The van der Waals surface area contributed by atoms with E-state index in [1.165, 1.54) is 35.4 Å². The first kappa shape index (κ1) is 28.9. The maximum Gasteiger partial charge on any atom is 0.573 e. The van der Waals surface area contributed by atoms with E-state index in [-0.39, 0.29) is 5.75 Å². The molecule has 0 bridgehead atoms. The predicted molar refractivity (Wildman–Crippen MR) is 155 cm³/mol. The Bertz CT molecular complexity index is 1460. The van der Waals surface area contributed by atoms with Gasteiger partial charge in [0.2, 0.25) is 0 Å². The van der Waals surface area contributed by atoms with Gasteiger partial charge in [0.05, 0.1) is 11.9 Å². The molecule has 3 aromatic carbocycles. The van der Waals surface area contributed by atoms with Gasteiger partial charge in [-0.05, 0) is 53.3 Å². The molecule has 4 rings (SSSR count). The largest absolute Gasteiger partial charge is 0.573 e. The van der Waals surface area contributed by atoms with Crippen LogP contribution in [0.3, 0.4) is 0 Å². The van der Waals surface area contributed by atoms with E-state index in [1.54, 1.807) is 10.9 Å². The van der Waals surface area contributed by atoms with Crippen LogP contribution in [0.2, 0.25) is 0 Å². The fourth-order valence-corrected chi connectivity index (χ4v) is 4.42. The van der Waals surface area contributed by atoms with Gasteiger partial charge >= 0.3 is 6.36 Å². The number of nitrogens with zero attached hydrogens (tertiary/aromatic N) is 4. The molecule has 0 aliphatic carbocycles. The van der Waals surface area contributed by atoms with Gasteiger partial charge in [-0.2, -0.15) is 5.10 Å². The topological polar surface area (TPSA) is 64.3 Å². The molecule has 4 aromatic rings. The van der Waals surface area contributed by atoms with Gasteiger partial charge < -0.3 is 4.74 Å². The number of thiocarbonyl (C=S) groups is 1. The van der Waals surface area contributed by atoms with Gasteiger partial charge in [-0.25, -0.2) is 9.67 Å². The molecule has 40 heavy (non-hydrogen) atoms. The zero-order valence-corrected chi connectivity index (χ0v) is 23.3. The number of hydrogen-bond donors (Lipinski definition) is 1. The number of aromatic nitrogens is 3. The van der Waals surface area contributed by atoms with Crippen LogP contribution in [-0.2, 0) is 12.8 Å². The summed E-state index contributed by atoms with van der Waals surface area (Å²) in [5.74, 6) is 1.36. The number of hydrazone groups is 1. The molecular weight excluding hydrogens is 535 g/mol. The lowest BCUT2D eigenvalue weighted by molar-refractivity contribution is -0.274. The fourth-order valence-electron chi connectivity index (χ4n) is 4.22. The zero-order chi connectivity index (χ0) is 28.7. The Morgan fingerprint density at radius 1 is 1.05 bits per heavy atom. The highest BCUT2D eigenvalue weighted by Crippen LogP contribution is 2.25. The normalized spacial score (nSPS) is 11.8. The van der Waals surface area contributed by atoms with Crippen LogP contribution < -0.4 is 10.2 Å². The molecule has 1 N–H and O–H groups in total. The van der Waals surface area contributed by atoms with Crippen LogP contribution in [0.5, 0.6) is 5.75 Å². The van der Waals surface area contributed by atoms with Crippen LogP contribution >= 0.6 is 12.2 Å². The van der Waals surface area contributed by atoms with Crippen molar-refractivity contribution in [2.75, 3.05) is 0 Å². The first-order valence-electron chi connectivity index (χ1n) is 12.9. The maximum atomic E-state index is 12.5. The lowest BCUT2D eigenvalue weighted by atomic mass is 9.95. The monoisotopic (exact) mass is 565 g/mol. The molecule has 0 saturated carbocycles. The number of halogens is 3. The van der Waals surface area contributed by atoms with Crippen molar-refractivity contribution in [2.24, 2.45) is 5.10 Å². The Kier molecular flexibility index (Phi) is 9.31. The van der Waals surface area contributed by atoms with E-state index < -0.39 is 6.36 Å². The number of hydrogen-bond acceptors (Lipinski definition) is 5. The number of alkyl halides is 3. The Hall–Kier alpha value is -4.05. The number of rotatable bonds is 10. The quantitative estimate of drug-likeness (QED) is 0.123. The summed E-state index contributed by atoms with van der Waals surface area (Å²) in [7, 11) is 0. The van der Waals surface area contributed by atoms with E-state index in [2.05, 4.69) is 51.3 Å². The first-order valence-corrected chi connectivity index (χ1v) is 13.4. The first-order chi connectivity index (χ1) is 19.1. The lowest BCUT2D eigenvalue weighted by Gasteiger charge is -2.12.